The first-order valence-electron chi connectivity index (χ1n) is 5.72. The van der Waals surface area contributed by atoms with Crippen molar-refractivity contribution in [1.29, 1.82) is 5.26 Å². The topological polar surface area (TPSA) is 75.2 Å². The second-order valence-electron chi connectivity index (χ2n) is 4.19. The van der Waals surface area contributed by atoms with Gasteiger partial charge in [-0.05, 0) is 18.2 Å². The molecule has 5 nitrogen and oxygen atoms in total. The summed E-state index contributed by atoms with van der Waals surface area (Å²) in [6, 6.07) is 12.8. The van der Waals surface area contributed by atoms with Crippen molar-refractivity contribution in [2.24, 2.45) is 0 Å². The van der Waals surface area contributed by atoms with Gasteiger partial charge in [0.2, 0.25) is 5.88 Å². The van der Waals surface area contributed by atoms with Crippen LogP contribution in [0.3, 0.4) is 0 Å². The van der Waals surface area contributed by atoms with Gasteiger partial charge < -0.3 is 15.4 Å². The zero-order chi connectivity index (χ0) is 13.8. The smallest absolute Gasteiger partial charge is 0.220 e. The van der Waals surface area contributed by atoms with Crippen LogP contribution in [-0.2, 0) is 0 Å². The predicted molar refractivity (Wildman–Crippen MR) is 74.2 cm³/mol. The largest absolute Gasteiger partial charge is 0.439 e. The van der Waals surface area contributed by atoms with Gasteiger partial charge in [-0.15, -0.1) is 0 Å². The summed E-state index contributed by atoms with van der Waals surface area (Å²) in [6.45, 7) is 0. The van der Waals surface area contributed by atoms with Crippen LogP contribution < -0.4 is 15.4 Å². The number of hydrogen-bond donors (Lipinski definition) is 1. The lowest BCUT2D eigenvalue weighted by molar-refractivity contribution is 0.462. The molecule has 5 heteroatoms. The standard InChI is InChI=1S/C14H14N4O/c1-18(2)10-4-3-5-11(8-10)19-14-7-6-12(16)13(9-15)17-14/h3-8H,16H2,1-2H3. The monoisotopic (exact) mass is 254 g/mol. The van der Waals surface area contributed by atoms with E-state index in [9.17, 15) is 0 Å². The molecule has 2 rings (SSSR count). The number of nitrogens with two attached hydrogens (primary N) is 1. The summed E-state index contributed by atoms with van der Waals surface area (Å²) >= 11 is 0. The molecule has 0 radical (unpaired) electrons. The van der Waals surface area contributed by atoms with E-state index in [-0.39, 0.29) is 5.69 Å². The molecule has 0 spiro atoms. The number of pyridine rings is 1. The van der Waals surface area contributed by atoms with Crippen molar-refractivity contribution in [3.63, 3.8) is 0 Å². The van der Waals surface area contributed by atoms with Crippen LogP contribution in [0.15, 0.2) is 36.4 Å². The van der Waals surface area contributed by atoms with E-state index in [1.54, 1.807) is 12.1 Å². The maximum Gasteiger partial charge on any atom is 0.220 e. The lowest BCUT2D eigenvalue weighted by Gasteiger charge is -2.13. The number of hydrogen-bond acceptors (Lipinski definition) is 5. The van der Waals surface area contributed by atoms with E-state index in [2.05, 4.69) is 4.98 Å². The van der Waals surface area contributed by atoms with Gasteiger partial charge >= 0.3 is 0 Å². The van der Waals surface area contributed by atoms with E-state index in [0.717, 1.165) is 5.69 Å². The molecule has 1 aromatic heterocycles. The number of aromatic nitrogens is 1. The second-order valence-corrected chi connectivity index (χ2v) is 4.19. The molecule has 1 aromatic carbocycles. The molecule has 1 heterocycles. The lowest BCUT2D eigenvalue weighted by atomic mass is 10.3. The maximum atomic E-state index is 8.87. The summed E-state index contributed by atoms with van der Waals surface area (Å²) in [5.41, 5.74) is 7.14. The second kappa shape index (κ2) is 5.27. The van der Waals surface area contributed by atoms with Gasteiger partial charge in [0.15, 0.2) is 5.69 Å². The molecular formula is C14H14N4O. The minimum atomic E-state index is 0.168. The highest BCUT2D eigenvalue weighted by Gasteiger charge is 2.05. The number of anilines is 2. The van der Waals surface area contributed by atoms with Crippen molar-refractivity contribution in [2.75, 3.05) is 24.7 Å². The van der Waals surface area contributed by atoms with Crippen LogP contribution in [0, 0.1) is 11.3 Å². The Morgan fingerprint density at radius 3 is 2.74 bits per heavy atom. The summed E-state index contributed by atoms with van der Waals surface area (Å²) < 4.78 is 5.62. The third-order valence-electron chi connectivity index (χ3n) is 2.56. The molecule has 0 saturated carbocycles. The van der Waals surface area contributed by atoms with Crippen molar-refractivity contribution < 1.29 is 4.74 Å². The number of benzene rings is 1. The van der Waals surface area contributed by atoms with E-state index in [0.29, 0.717) is 17.3 Å². The van der Waals surface area contributed by atoms with Crippen LogP contribution in [0.4, 0.5) is 11.4 Å². The Bertz CT molecular complexity index is 632. The van der Waals surface area contributed by atoms with Gasteiger partial charge in [0.1, 0.15) is 11.8 Å². The van der Waals surface area contributed by atoms with Crippen LogP contribution in [0.25, 0.3) is 0 Å². The van der Waals surface area contributed by atoms with Crippen molar-refractivity contribution >= 4 is 11.4 Å². The summed E-state index contributed by atoms with van der Waals surface area (Å²) in [5, 5.41) is 8.87. The van der Waals surface area contributed by atoms with Gasteiger partial charge in [-0.1, -0.05) is 6.07 Å². The summed E-state index contributed by atoms with van der Waals surface area (Å²) in [5.74, 6) is 1.01. The zero-order valence-electron chi connectivity index (χ0n) is 10.8. The van der Waals surface area contributed by atoms with Crippen LogP contribution in [0.2, 0.25) is 0 Å². The van der Waals surface area contributed by atoms with Gasteiger partial charge in [0.05, 0.1) is 5.69 Å². The first kappa shape index (κ1) is 12.7. The number of nitrogen functional groups attached to an aromatic ring is 1. The Kier molecular flexibility index (Phi) is 3.53. The molecule has 0 saturated heterocycles. The van der Waals surface area contributed by atoms with Crippen LogP contribution >= 0.6 is 0 Å². The Labute approximate surface area is 111 Å². The molecule has 0 amide bonds. The lowest BCUT2D eigenvalue weighted by Crippen LogP contribution is -2.08. The van der Waals surface area contributed by atoms with Gasteiger partial charge in [-0.2, -0.15) is 5.26 Å². The third-order valence-corrected chi connectivity index (χ3v) is 2.56. The molecule has 2 aromatic rings. The van der Waals surface area contributed by atoms with Crippen molar-refractivity contribution in [3.05, 3.63) is 42.1 Å². The van der Waals surface area contributed by atoms with E-state index < -0.39 is 0 Å². The molecule has 0 bridgehead atoms. The third kappa shape index (κ3) is 2.93. The SMILES string of the molecule is CN(C)c1cccc(Oc2ccc(N)c(C#N)n2)c1. The Hall–Kier alpha value is -2.74. The molecule has 96 valence electrons. The normalized spacial score (nSPS) is 9.74. The molecular weight excluding hydrogens is 240 g/mol. The van der Waals surface area contributed by atoms with Gasteiger partial charge in [0.25, 0.3) is 0 Å². The first-order valence-corrected chi connectivity index (χ1v) is 5.72. The molecule has 0 atom stereocenters. The minimum Gasteiger partial charge on any atom is -0.439 e. The number of ether oxygens (including phenoxy) is 1. The average Bonchev–Trinajstić information content (AvgIpc) is 2.41. The highest BCUT2D eigenvalue weighted by molar-refractivity contribution is 5.52. The zero-order valence-corrected chi connectivity index (χ0v) is 10.8. The predicted octanol–water partition coefficient (Wildman–Crippen LogP) is 2.39. The summed E-state index contributed by atoms with van der Waals surface area (Å²) in [4.78, 5) is 6.01. The van der Waals surface area contributed by atoms with Gasteiger partial charge in [0, 0.05) is 31.9 Å². The quantitative estimate of drug-likeness (QED) is 0.910. The van der Waals surface area contributed by atoms with Gasteiger partial charge in [-0.3, -0.25) is 0 Å². The van der Waals surface area contributed by atoms with Crippen molar-refractivity contribution in [3.8, 4) is 17.7 Å². The highest BCUT2D eigenvalue weighted by atomic mass is 16.5. The number of nitrogens with zero attached hydrogens (tertiary/aromatic N) is 3. The van der Waals surface area contributed by atoms with Crippen molar-refractivity contribution in [1.82, 2.24) is 4.98 Å². The fourth-order valence-corrected chi connectivity index (χ4v) is 1.54. The Balaban J connectivity index is 2.26. The molecule has 0 aliphatic heterocycles. The molecule has 0 unspecified atom stereocenters. The highest BCUT2D eigenvalue weighted by Crippen LogP contribution is 2.25. The summed E-state index contributed by atoms with van der Waals surface area (Å²) in [6.07, 6.45) is 0. The van der Waals surface area contributed by atoms with Crippen LogP contribution in [-0.4, -0.2) is 19.1 Å². The summed E-state index contributed by atoms with van der Waals surface area (Å²) in [7, 11) is 3.91. The van der Waals surface area contributed by atoms with E-state index in [1.165, 1.54) is 0 Å². The Morgan fingerprint density at radius 2 is 2.05 bits per heavy atom. The van der Waals surface area contributed by atoms with E-state index in [1.807, 2.05) is 49.3 Å². The molecule has 19 heavy (non-hydrogen) atoms. The minimum absolute atomic E-state index is 0.168. The maximum absolute atomic E-state index is 8.87. The Morgan fingerprint density at radius 1 is 1.26 bits per heavy atom. The molecule has 0 aliphatic carbocycles. The molecule has 2 N–H and O–H groups in total. The van der Waals surface area contributed by atoms with Gasteiger partial charge in [-0.25, -0.2) is 4.98 Å². The molecule has 0 aliphatic rings. The fourth-order valence-electron chi connectivity index (χ4n) is 1.54. The van der Waals surface area contributed by atoms with Crippen molar-refractivity contribution in [2.45, 2.75) is 0 Å². The first-order chi connectivity index (χ1) is 9.10. The van der Waals surface area contributed by atoms with Crippen LogP contribution in [0.1, 0.15) is 5.69 Å². The fraction of sp³-hybridized carbons (Fsp3) is 0.143. The molecule has 0 fully saturated rings. The van der Waals surface area contributed by atoms with Crippen LogP contribution in [0.5, 0.6) is 11.6 Å². The average molecular weight is 254 g/mol. The number of rotatable bonds is 3. The van der Waals surface area contributed by atoms with E-state index >= 15 is 0 Å². The number of nitriles is 1. The van der Waals surface area contributed by atoms with E-state index in [4.69, 9.17) is 15.7 Å².